The molecular weight excluding hydrogens is 422 g/mol. The molecule has 2 bridgehead atoms. The summed E-state index contributed by atoms with van der Waals surface area (Å²) in [6, 6.07) is 8.27. The molecule has 4 atom stereocenters. The van der Waals surface area contributed by atoms with E-state index < -0.39 is 0 Å². The first-order valence-electron chi connectivity index (χ1n) is 11.6. The van der Waals surface area contributed by atoms with E-state index >= 15 is 0 Å². The number of thioether (sulfide) groups is 1. The van der Waals surface area contributed by atoms with Crippen LogP contribution in [0.15, 0.2) is 29.4 Å². The number of fused-ring (bicyclic) bond motifs is 2. The van der Waals surface area contributed by atoms with E-state index in [2.05, 4.69) is 55.3 Å². The molecule has 0 unspecified atom stereocenters. The summed E-state index contributed by atoms with van der Waals surface area (Å²) < 4.78 is 7.22. The number of nitrogens with one attached hydrogen (secondary N) is 1. The molecule has 1 aromatic carbocycles. The smallest absolute Gasteiger partial charge is 0.230 e. The van der Waals surface area contributed by atoms with E-state index in [4.69, 9.17) is 10.6 Å². The van der Waals surface area contributed by atoms with Gasteiger partial charge in [-0.05, 0) is 67.1 Å². The van der Waals surface area contributed by atoms with E-state index in [9.17, 15) is 4.79 Å². The summed E-state index contributed by atoms with van der Waals surface area (Å²) in [5.74, 6) is 10.0. The Morgan fingerprint density at radius 1 is 1.25 bits per heavy atom. The van der Waals surface area contributed by atoms with Crippen molar-refractivity contribution in [2.45, 2.75) is 76.6 Å². The molecule has 0 saturated heterocycles. The molecular formula is C24H35N5O2S. The van der Waals surface area contributed by atoms with E-state index in [-0.39, 0.29) is 29.7 Å². The fourth-order valence-electron chi connectivity index (χ4n) is 5.14. The van der Waals surface area contributed by atoms with Crippen LogP contribution < -0.4 is 15.9 Å². The number of hydrogen-bond donors (Lipinski definition) is 2. The van der Waals surface area contributed by atoms with Crippen LogP contribution in [0, 0.1) is 17.8 Å². The SMILES string of the molecule is C[C@H](NC(=O)CSc1nnc(COc2ccc(C(C)(C)C)cc2)n1N)[C@H]1C[C@H]2CC[C@H]1C2. The number of aromatic nitrogens is 3. The third-order valence-electron chi connectivity index (χ3n) is 6.98. The van der Waals surface area contributed by atoms with Crippen molar-refractivity contribution in [1.29, 1.82) is 0 Å². The van der Waals surface area contributed by atoms with Crippen molar-refractivity contribution < 1.29 is 9.53 Å². The molecule has 1 heterocycles. The van der Waals surface area contributed by atoms with Gasteiger partial charge in [0.2, 0.25) is 11.1 Å². The zero-order valence-corrected chi connectivity index (χ0v) is 20.3. The first-order chi connectivity index (χ1) is 15.2. The van der Waals surface area contributed by atoms with Crippen LogP contribution in [-0.2, 0) is 16.8 Å². The van der Waals surface area contributed by atoms with Crippen molar-refractivity contribution in [3.63, 3.8) is 0 Å². The largest absolute Gasteiger partial charge is 0.486 e. The summed E-state index contributed by atoms with van der Waals surface area (Å²) in [6.07, 6.45) is 5.31. The Hall–Kier alpha value is -2.22. The number of nitrogens with zero attached hydrogens (tertiary/aromatic N) is 3. The highest BCUT2D eigenvalue weighted by Gasteiger charge is 2.42. The lowest BCUT2D eigenvalue weighted by Gasteiger charge is -2.28. The van der Waals surface area contributed by atoms with Crippen LogP contribution in [0.2, 0.25) is 0 Å². The van der Waals surface area contributed by atoms with E-state index in [1.165, 1.54) is 47.7 Å². The lowest BCUT2D eigenvalue weighted by Crippen LogP contribution is -2.41. The predicted octanol–water partition coefficient (Wildman–Crippen LogP) is 3.90. The lowest BCUT2D eigenvalue weighted by molar-refractivity contribution is -0.119. The van der Waals surface area contributed by atoms with Gasteiger partial charge < -0.3 is 15.9 Å². The topological polar surface area (TPSA) is 95.1 Å². The molecule has 174 valence electrons. The second kappa shape index (κ2) is 9.33. The van der Waals surface area contributed by atoms with Gasteiger partial charge in [0.25, 0.3) is 0 Å². The van der Waals surface area contributed by atoms with Crippen LogP contribution in [0.25, 0.3) is 0 Å². The average Bonchev–Trinajstić information content (AvgIpc) is 3.47. The van der Waals surface area contributed by atoms with Crippen LogP contribution in [0.3, 0.4) is 0 Å². The number of amides is 1. The van der Waals surface area contributed by atoms with Gasteiger partial charge >= 0.3 is 0 Å². The fourth-order valence-corrected chi connectivity index (χ4v) is 5.83. The van der Waals surface area contributed by atoms with Gasteiger partial charge in [-0.2, -0.15) is 0 Å². The molecule has 3 N–H and O–H groups in total. The summed E-state index contributed by atoms with van der Waals surface area (Å²) >= 11 is 1.30. The quantitative estimate of drug-likeness (QED) is 0.461. The predicted molar refractivity (Wildman–Crippen MR) is 127 cm³/mol. The number of hydrogen-bond acceptors (Lipinski definition) is 6. The van der Waals surface area contributed by atoms with Crippen molar-refractivity contribution >= 4 is 17.7 Å². The fraction of sp³-hybridized carbons (Fsp3) is 0.625. The second-order valence-electron chi connectivity index (χ2n) is 10.3. The van der Waals surface area contributed by atoms with Crippen LogP contribution in [0.1, 0.15) is 64.8 Å². The summed E-state index contributed by atoms with van der Waals surface area (Å²) in [7, 11) is 0. The van der Waals surface area contributed by atoms with Crippen molar-refractivity contribution in [2.75, 3.05) is 11.6 Å². The Kier molecular flexibility index (Phi) is 6.70. The number of ether oxygens (including phenoxy) is 1. The van der Waals surface area contributed by atoms with E-state index in [1.807, 2.05) is 12.1 Å². The average molecular weight is 458 g/mol. The molecule has 0 spiro atoms. The van der Waals surface area contributed by atoms with Gasteiger partial charge in [-0.25, -0.2) is 4.68 Å². The number of benzene rings is 1. The standard InChI is InChI=1S/C24H35N5O2S/c1-15(20-12-16-5-6-17(20)11-16)26-22(30)14-32-23-28-27-21(29(23)25)13-31-19-9-7-18(8-10-19)24(2,3)4/h7-10,15-17,20H,5-6,11-14,25H2,1-4H3,(H,26,30)/t15-,16-,17-,20+/m0/s1. The Morgan fingerprint density at radius 3 is 2.62 bits per heavy atom. The maximum absolute atomic E-state index is 12.5. The first-order valence-corrected chi connectivity index (χ1v) is 12.5. The molecule has 1 amide bonds. The van der Waals surface area contributed by atoms with Gasteiger partial charge in [-0.3, -0.25) is 4.79 Å². The van der Waals surface area contributed by atoms with Crippen LogP contribution in [-0.4, -0.2) is 32.6 Å². The lowest BCUT2D eigenvalue weighted by atomic mass is 9.84. The summed E-state index contributed by atoms with van der Waals surface area (Å²) in [5, 5.41) is 11.9. The summed E-state index contributed by atoms with van der Waals surface area (Å²) in [5.41, 5.74) is 1.35. The zero-order chi connectivity index (χ0) is 22.9. The normalized spacial score (nSPS) is 23.3. The number of carbonyl (C=O) groups excluding carboxylic acids is 1. The van der Waals surface area contributed by atoms with Crippen molar-refractivity contribution in [3.05, 3.63) is 35.7 Å². The molecule has 32 heavy (non-hydrogen) atoms. The monoisotopic (exact) mass is 457 g/mol. The third kappa shape index (κ3) is 5.22. The van der Waals surface area contributed by atoms with Gasteiger partial charge in [0.15, 0.2) is 5.82 Å². The van der Waals surface area contributed by atoms with Crippen LogP contribution in [0.4, 0.5) is 0 Å². The van der Waals surface area contributed by atoms with Gasteiger partial charge in [0.1, 0.15) is 12.4 Å². The molecule has 0 aliphatic heterocycles. The molecule has 2 fully saturated rings. The molecule has 2 aliphatic carbocycles. The van der Waals surface area contributed by atoms with Crippen molar-refractivity contribution in [1.82, 2.24) is 20.2 Å². The summed E-state index contributed by atoms with van der Waals surface area (Å²) in [6.45, 7) is 8.89. The highest BCUT2D eigenvalue weighted by Crippen LogP contribution is 2.49. The minimum Gasteiger partial charge on any atom is -0.486 e. The number of rotatable bonds is 8. The number of nitrogen functional groups attached to an aromatic ring is 1. The number of carbonyl (C=O) groups is 1. The molecule has 2 saturated carbocycles. The van der Waals surface area contributed by atoms with Gasteiger partial charge in [0, 0.05) is 6.04 Å². The molecule has 2 aromatic rings. The Morgan fingerprint density at radius 2 is 2.00 bits per heavy atom. The van der Waals surface area contributed by atoms with Crippen molar-refractivity contribution in [3.8, 4) is 5.75 Å². The minimum absolute atomic E-state index is 0.0185. The summed E-state index contributed by atoms with van der Waals surface area (Å²) in [4.78, 5) is 12.5. The zero-order valence-electron chi connectivity index (χ0n) is 19.5. The molecule has 1 aromatic heterocycles. The first kappa shape index (κ1) is 23.0. The molecule has 8 heteroatoms. The number of nitrogens with two attached hydrogens (primary N) is 1. The second-order valence-corrected chi connectivity index (χ2v) is 11.3. The van der Waals surface area contributed by atoms with Gasteiger partial charge in [-0.15, -0.1) is 10.2 Å². The minimum atomic E-state index is 0.0185. The maximum Gasteiger partial charge on any atom is 0.230 e. The highest BCUT2D eigenvalue weighted by molar-refractivity contribution is 7.99. The van der Waals surface area contributed by atoms with E-state index in [1.54, 1.807) is 0 Å². The molecule has 7 nitrogen and oxygen atoms in total. The van der Waals surface area contributed by atoms with Crippen molar-refractivity contribution in [2.24, 2.45) is 17.8 Å². The Bertz CT molecular complexity index is 937. The van der Waals surface area contributed by atoms with E-state index in [0.29, 0.717) is 16.9 Å². The molecule has 2 aliphatic rings. The van der Waals surface area contributed by atoms with Crippen LogP contribution in [0.5, 0.6) is 5.75 Å². The maximum atomic E-state index is 12.5. The molecule has 0 radical (unpaired) electrons. The Labute approximate surface area is 194 Å². The van der Waals surface area contributed by atoms with Crippen LogP contribution >= 0.6 is 11.8 Å². The van der Waals surface area contributed by atoms with E-state index in [0.717, 1.165) is 17.6 Å². The Balaban J connectivity index is 1.24. The highest BCUT2D eigenvalue weighted by atomic mass is 32.2. The van der Waals surface area contributed by atoms with Gasteiger partial charge in [0.05, 0.1) is 5.75 Å². The third-order valence-corrected chi connectivity index (χ3v) is 7.92. The molecule has 4 rings (SSSR count). The van der Waals surface area contributed by atoms with Gasteiger partial charge in [-0.1, -0.05) is 51.1 Å².